The Morgan fingerprint density at radius 1 is 1.53 bits per heavy atom. The molecule has 0 radical (unpaired) electrons. The number of halogens is 1. The van der Waals surface area contributed by atoms with Crippen molar-refractivity contribution >= 4 is 21.8 Å². The number of hydrogen-bond acceptors (Lipinski definition) is 4. The minimum absolute atomic E-state index is 0.152. The Hall–Kier alpha value is -0.630. The summed E-state index contributed by atoms with van der Waals surface area (Å²) in [5.41, 5.74) is 0.388. The van der Waals surface area contributed by atoms with Gasteiger partial charge in [0.15, 0.2) is 0 Å². The van der Waals surface area contributed by atoms with Gasteiger partial charge in [-0.15, -0.1) is 0 Å². The van der Waals surface area contributed by atoms with E-state index in [0.717, 1.165) is 6.07 Å². The van der Waals surface area contributed by atoms with Crippen LogP contribution in [0.15, 0.2) is 23.1 Å². The predicted molar refractivity (Wildman–Crippen MR) is 73.0 cm³/mol. The normalized spacial score (nSPS) is 21.5. The lowest BCUT2D eigenvalue weighted by molar-refractivity contribution is 0.281. The van der Waals surface area contributed by atoms with Crippen molar-refractivity contribution in [2.45, 2.75) is 24.5 Å². The molecule has 1 aliphatic rings. The number of benzene rings is 1. The SMILES string of the molecule is CC1CSCCN1S(=O)(=O)c1cc(CO)ccc1F. The molecule has 0 saturated carbocycles. The topological polar surface area (TPSA) is 57.6 Å². The molecular formula is C12H16FNO3S2. The standard InChI is InChI=1S/C12H16FNO3S2/c1-9-8-18-5-4-14(9)19(16,17)12-6-10(7-15)2-3-11(12)13/h2-3,6,9,15H,4-5,7-8H2,1H3. The summed E-state index contributed by atoms with van der Waals surface area (Å²) in [4.78, 5) is -0.349. The van der Waals surface area contributed by atoms with Crippen molar-refractivity contribution in [2.75, 3.05) is 18.1 Å². The fraction of sp³-hybridized carbons (Fsp3) is 0.500. The predicted octanol–water partition coefficient (Wildman–Crippen LogP) is 1.44. The van der Waals surface area contributed by atoms with Crippen LogP contribution in [-0.4, -0.2) is 41.9 Å². The fourth-order valence-electron chi connectivity index (χ4n) is 2.04. The van der Waals surface area contributed by atoms with Crippen LogP contribution < -0.4 is 0 Å². The number of aliphatic hydroxyl groups excluding tert-OH is 1. The molecule has 0 spiro atoms. The van der Waals surface area contributed by atoms with E-state index in [2.05, 4.69) is 0 Å². The van der Waals surface area contributed by atoms with Gasteiger partial charge in [0.25, 0.3) is 0 Å². The van der Waals surface area contributed by atoms with Crippen LogP contribution in [-0.2, 0) is 16.6 Å². The summed E-state index contributed by atoms with van der Waals surface area (Å²) in [5, 5.41) is 9.05. The zero-order valence-corrected chi connectivity index (χ0v) is 12.2. The highest BCUT2D eigenvalue weighted by molar-refractivity contribution is 7.99. The third-order valence-electron chi connectivity index (χ3n) is 3.07. The zero-order chi connectivity index (χ0) is 14.0. The van der Waals surface area contributed by atoms with E-state index in [-0.39, 0.29) is 17.5 Å². The quantitative estimate of drug-likeness (QED) is 0.918. The Kier molecular flexibility index (Phi) is 4.50. The molecule has 106 valence electrons. The Morgan fingerprint density at radius 2 is 2.26 bits per heavy atom. The van der Waals surface area contributed by atoms with E-state index in [1.807, 2.05) is 6.92 Å². The summed E-state index contributed by atoms with van der Waals surface area (Å²) in [5.74, 6) is 0.647. The molecule has 1 aliphatic heterocycles. The summed E-state index contributed by atoms with van der Waals surface area (Å²) < 4.78 is 40.1. The molecule has 0 bridgehead atoms. The van der Waals surface area contributed by atoms with Gasteiger partial charge in [0, 0.05) is 24.1 Å². The molecule has 1 N–H and O–H groups in total. The van der Waals surface area contributed by atoms with Gasteiger partial charge in [-0.2, -0.15) is 16.1 Å². The van der Waals surface area contributed by atoms with E-state index in [4.69, 9.17) is 5.11 Å². The number of rotatable bonds is 3. The summed E-state index contributed by atoms with van der Waals surface area (Å²) >= 11 is 1.69. The largest absolute Gasteiger partial charge is 0.392 e. The third kappa shape index (κ3) is 2.94. The van der Waals surface area contributed by atoms with Gasteiger partial charge in [-0.1, -0.05) is 6.07 Å². The lowest BCUT2D eigenvalue weighted by atomic mass is 10.2. The minimum Gasteiger partial charge on any atom is -0.392 e. The first-order valence-corrected chi connectivity index (χ1v) is 8.55. The smallest absolute Gasteiger partial charge is 0.246 e. The van der Waals surface area contributed by atoms with Gasteiger partial charge < -0.3 is 5.11 Å². The number of thioether (sulfide) groups is 1. The van der Waals surface area contributed by atoms with E-state index < -0.39 is 15.8 Å². The lowest BCUT2D eigenvalue weighted by Crippen LogP contribution is -2.44. The second kappa shape index (κ2) is 5.78. The van der Waals surface area contributed by atoms with Gasteiger partial charge in [-0.3, -0.25) is 0 Å². The van der Waals surface area contributed by atoms with Gasteiger partial charge in [-0.25, -0.2) is 12.8 Å². The zero-order valence-electron chi connectivity index (χ0n) is 10.5. The Morgan fingerprint density at radius 3 is 2.89 bits per heavy atom. The molecule has 1 unspecified atom stereocenters. The molecular weight excluding hydrogens is 289 g/mol. The molecule has 2 rings (SSSR count). The van der Waals surface area contributed by atoms with E-state index in [1.165, 1.54) is 16.4 Å². The third-order valence-corrected chi connectivity index (χ3v) is 6.29. The highest BCUT2D eigenvalue weighted by Crippen LogP contribution is 2.26. The Bertz CT molecular complexity index is 562. The molecule has 0 aliphatic carbocycles. The fourth-order valence-corrected chi connectivity index (χ4v) is 5.01. The van der Waals surface area contributed by atoms with Crippen LogP contribution in [0.1, 0.15) is 12.5 Å². The molecule has 1 atom stereocenters. The maximum absolute atomic E-state index is 13.8. The average molecular weight is 305 g/mol. The molecule has 7 heteroatoms. The number of nitrogens with zero attached hydrogens (tertiary/aromatic N) is 1. The van der Waals surface area contributed by atoms with Gasteiger partial charge in [-0.05, 0) is 24.6 Å². The van der Waals surface area contributed by atoms with Crippen LogP contribution in [0.25, 0.3) is 0 Å². The maximum atomic E-state index is 13.8. The van der Waals surface area contributed by atoms with Crippen LogP contribution in [0.3, 0.4) is 0 Å². The lowest BCUT2D eigenvalue weighted by Gasteiger charge is -2.32. The Balaban J connectivity index is 2.43. The number of sulfonamides is 1. The number of aliphatic hydroxyl groups is 1. The summed E-state index contributed by atoms with van der Waals surface area (Å²) in [6, 6.07) is 3.52. The summed E-state index contributed by atoms with van der Waals surface area (Å²) in [6.45, 7) is 1.89. The van der Waals surface area contributed by atoms with Gasteiger partial charge in [0.1, 0.15) is 10.7 Å². The highest BCUT2D eigenvalue weighted by Gasteiger charge is 2.33. The van der Waals surface area contributed by atoms with Gasteiger partial charge in [0.2, 0.25) is 10.0 Å². The van der Waals surface area contributed by atoms with Crippen molar-refractivity contribution in [1.82, 2.24) is 4.31 Å². The van der Waals surface area contributed by atoms with E-state index >= 15 is 0 Å². The maximum Gasteiger partial charge on any atom is 0.246 e. The second-order valence-electron chi connectivity index (χ2n) is 4.46. The molecule has 1 heterocycles. The molecule has 0 aromatic heterocycles. The van der Waals surface area contributed by atoms with Gasteiger partial charge in [0.05, 0.1) is 6.61 Å². The van der Waals surface area contributed by atoms with Crippen LogP contribution in [0.2, 0.25) is 0 Å². The monoisotopic (exact) mass is 305 g/mol. The van der Waals surface area contributed by atoms with Crippen LogP contribution in [0.5, 0.6) is 0 Å². The summed E-state index contributed by atoms with van der Waals surface area (Å²) in [6.07, 6.45) is 0. The molecule has 1 aromatic rings. The van der Waals surface area contributed by atoms with E-state index in [9.17, 15) is 12.8 Å². The van der Waals surface area contributed by atoms with E-state index in [0.29, 0.717) is 23.6 Å². The molecule has 0 amide bonds. The second-order valence-corrected chi connectivity index (χ2v) is 7.47. The molecule has 4 nitrogen and oxygen atoms in total. The van der Waals surface area contributed by atoms with Crippen molar-refractivity contribution < 1.29 is 17.9 Å². The first-order valence-electron chi connectivity index (χ1n) is 5.95. The van der Waals surface area contributed by atoms with Crippen molar-refractivity contribution in [3.8, 4) is 0 Å². The van der Waals surface area contributed by atoms with E-state index in [1.54, 1.807) is 11.8 Å². The molecule has 1 aromatic carbocycles. The summed E-state index contributed by atoms with van der Waals surface area (Å²) in [7, 11) is -3.84. The van der Waals surface area contributed by atoms with Gasteiger partial charge >= 0.3 is 0 Å². The van der Waals surface area contributed by atoms with Crippen molar-refractivity contribution in [1.29, 1.82) is 0 Å². The highest BCUT2D eigenvalue weighted by atomic mass is 32.2. The number of hydrogen-bond donors (Lipinski definition) is 1. The van der Waals surface area contributed by atoms with Crippen molar-refractivity contribution in [2.24, 2.45) is 0 Å². The van der Waals surface area contributed by atoms with Crippen molar-refractivity contribution in [3.05, 3.63) is 29.6 Å². The molecule has 19 heavy (non-hydrogen) atoms. The van der Waals surface area contributed by atoms with Crippen LogP contribution in [0, 0.1) is 5.82 Å². The molecule has 1 fully saturated rings. The van der Waals surface area contributed by atoms with Crippen LogP contribution in [0.4, 0.5) is 4.39 Å². The first kappa shape index (κ1) is 14.8. The van der Waals surface area contributed by atoms with Crippen molar-refractivity contribution in [3.63, 3.8) is 0 Å². The first-order chi connectivity index (χ1) is 8.96. The molecule has 1 saturated heterocycles. The average Bonchev–Trinajstić information content (AvgIpc) is 2.39. The Labute approximate surface area is 116 Å². The minimum atomic E-state index is -3.84. The van der Waals surface area contributed by atoms with Crippen LogP contribution >= 0.6 is 11.8 Å².